The van der Waals surface area contributed by atoms with Gasteiger partial charge >= 0.3 is 6.18 Å². The summed E-state index contributed by atoms with van der Waals surface area (Å²) in [6.07, 6.45) is -0.601. The van der Waals surface area contributed by atoms with Crippen LogP contribution < -0.4 is 11.1 Å². The Labute approximate surface area is 201 Å². The highest BCUT2D eigenvalue weighted by molar-refractivity contribution is 6.36. The first-order valence-corrected chi connectivity index (χ1v) is 10.8. The minimum absolute atomic E-state index is 0.424. The Morgan fingerprint density at radius 2 is 1.91 bits per heavy atom. The van der Waals surface area contributed by atoms with Crippen LogP contribution in [0.15, 0.2) is 48.8 Å². The number of pyridine rings is 1. The van der Waals surface area contributed by atoms with E-state index in [2.05, 4.69) is 20.3 Å². The zero-order chi connectivity index (χ0) is 24.5. The van der Waals surface area contributed by atoms with E-state index < -0.39 is 23.3 Å². The van der Waals surface area contributed by atoms with Crippen molar-refractivity contribution in [2.24, 2.45) is 0 Å². The molecule has 7 nitrogen and oxygen atoms in total. The van der Waals surface area contributed by atoms with Crippen LogP contribution in [0.25, 0.3) is 16.9 Å². The number of anilines is 2. The number of benzene rings is 1. The average molecular weight is 509 g/mol. The topological polar surface area (TPSA) is 98.2 Å². The summed E-state index contributed by atoms with van der Waals surface area (Å²) < 4.78 is 39.6. The summed E-state index contributed by atoms with van der Waals surface area (Å²) in [5.74, 6) is -1.92. The third kappa shape index (κ3) is 5.07. The molecule has 0 radical (unpaired) electrons. The maximum Gasteiger partial charge on any atom is 0.455 e. The van der Waals surface area contributed by atoms with Crippen molar-refractivity contribution in [3.63, 3.8) is 0 Å². The summed E-state index contributed by atoms with van der Waals surface area (Å²) in [5, 5.41) is 4.20. The van der Waals surface area contributed by atoms with Gasteiger partial charge in [-0.25, -0.2) is 15.0 Å². The molecule has 0 spiro atoms. The molecule has 4 aromatic rings. The van der Waals surface area contributed by atoms with E-state index in [0.717, 1.165) is 6.07 Å². The molecule has 0 saturated heterocycles. The third-order valence-corrected chi connectivity index (χ3v) is 5.52. The maximum atomic E-state index is 12.6. The Bertz CT molecular complexity index is 1370. The highest BCUT2D eigenvalue weighted by Gasteiger charge is 2.40. The number of nitrogens with one attached hydrogen (secondary N) is 1. The van der Waals surface area contributed by atoms with Gasteiger partial charge in [-0.3, -0.25) is 9.20 Å². The van der Waals surface area contributed by atoms with Crippen molar-refractivity contribution in [3.05, 3.63) is 70.1 Å². The number of nitrogens with two attached hydrogens (primary N) is 1. The first kappa shape index (κ1) is 23.8. The van der Waals surface area contributed by atoms with Crippen molar-refractivity contribution in [2.45, 2.75) is 19.0 Å². The second kappa shape index (κ2) is 9.47. The van der Waals surface area contributed by atoms with Gasteiger partial charge in [-0.15, -0.1) is 0 Å². The fourth-order valence-corrected chi connectivity index (χ4v) is 3.86. The summed E-state index contributed by atoms with van der Waals surface area (Å²) >= 11 is 12.3. The third-order valence-electron chi connectivity index (χ3n) is 4.97. The first-order valence-electron chi connectivity index (χ1n) is 10.0. The summed E-state index contributed by atoms with van der Waals surface area (Å²) in [4.78, 5) is 24.3. The van der Waals surface area contributed by atoms with E-state index in [-0.39, 0.29) is 0 Å². The van der Waals surface area contributed by atoms with Crippen LogP contribution >= 0.6 is 23.2 Å². The van der Waals surface area contributed by atoms with Gasteiger partial charge in [-0.05, 0) is 43.2 Å². The van der Waals surface area contributed by atoms with Gasteiger partial charge in [0.05, 0.1) is 16.3 Å². The number of aryl methyl sites for hydroxylation is 1. The lowest BCUT2D eigenvalue weighted by Crippen LogP contribution is -2.24. The number of halogens is 5. The van der Waals surface area contributed by atoms with Crippen LogP contribution in [0, 0.1) is 0 Å². The van der Waals surface area contributed by atoms with Crippen LogP contribution in [-0.4, -0.2) is 37.9 Å². The van der Waals surface area contributed by atoms with E-state index in [0.29, 0.717) is 58.0 Å². The van der Waals surface area contributed by atoms with Crippen LogP contribution in [0.4, 0.5) is 24.9 Å². The number of nitrogens with zero attached hydrogens (tertiary/aromatic N) is 4. The van der Waals surface area contributed by atoms with E-state index in [4.69, 9.17) is 28.9 Å². The number of Topliss-reactive ketones (excluding diaryl/α,β-unsaturated/α-hetero) is 1. The van der Waals surface area contributed by atoms with Crippen molar-refractivity contribution in [1.29, 1.82) is 0 Å². The van der Waals surface area contributed by atoms with Gasteiger partial charge in [-0.1, -0.05) is 23.2 Å². The summed E-state index contributed by atoms with van der Waals surface area (Å²) in [6.45, 7) is 0.475. The van der Waals surface area contributed by atoms with Crippen LogP contribution in [-0.2, 0) is 6.42 Å². The first-order chi connectivity index (χ1) is 16.1. The minimum atomic E-state index is -5.00. The van der Waals surface area contributed by atoms with Crippen molar-refractivity contribution in [1.82, 2.24) is 19.4 Å². The predicted octanol–water partition coefficient (Wildman–Crippen LogP) is 5.47. The van der Waals surface area contributed by atoms with Crippen LogP contribution in [0.2, 0.25) is 10.0 Å². The van der Waals surface area contributed by atoms with Crippen molar-refractivity contribution in [3.8, 4) is 11.3 Å². The molecule has 0 saturated carbocycles. The number of carbonyl (C=O) groups is 1. The zero-order valence-electron chi connectivity index (χ0n) is 17.4. The molecule has 34 heavy (non-hydrogen) atoms. The molecule has 0 aliphatic rings. The van der Waals surface area contributed by atoms with Crippen LogP contribution in [0.3, 0.4) is 0 Å². The quantitative estimate of drug-likeness (QED) is 0.253. The second-order valence-electron chi connectivity index (χ2n) is 7.34. The molecular formula is C22H17Cl2F3N6O. The lowest BCUT2D eigenvalue weighted by Gasteiger charge is -2.12. The highest BCUT2D eigenvalue weighted by atomic mass is 35.5. The fourth-order valence-electron chi connectivity index (χ4n) is 3.35. The number of carbonyl (C=O) groups excluding carboxylic acids is 1. The predicted molar refractivity (Wildman–Crippen MR) is 124 cm³/mol. The van der Waals surface area contributed by atoms with Crippen molar-refractivity contribution < 1.29 is 18.0 Å². The standard InChI is InChI=1S/C22H17Cl2F3N6O/c23-12-3-5-14(16(24)10-12)17-11-18-29-8-9-33(18)21(32-17)30-7-1-2-13-4-6-15(20(28)31-13)19(34)22(25,26)27/h3-6,8-11H,1-2,7H2,(H2,28,31)(H,30,32). The van der Waals surface area contributed by atoms with Crippen LogP contribution in [0.1, 0.15) is 22.5 Å². The summed E-state index contributed by atoms with van der Waals surface area (Å²) in [7, 11) is 0. The number of hydrogen-bond acceptors (Lipinski definition) is 6. The molecule has 176 valence electrons. The molecule has 4 rings (SSSR count). The number of alkyl halides is 3. The Morgan fingerprint density at radius 1 is 1.12 bits per heavy atom. The normalized spacial score (nSPS) is 11.7. The van der Waals surface area contributed by atoms with Gasteiger partial charge < -0.3 is 11.1 Å². The van der Waals surface area contributed by atoms with Gasteiger partial charge in [0.2, 0.25) is 5.95 Å². The lowest BCUT2D eigenvalue weighted by atomic mass is 10.1. The number of nitrogen functional groups attached to an aromatic ring is 1. The molecule has 12 heteroatoms. The Balaban J connectivity index is 1.46. The van der Waals surface area contributed by atoms with Gasteiger partial charge in [0.25, 0.3) is 5.78 Å². The van der Waals surface area contributed by atoms with E-state index >= 15 is 0 Å². The number of rotatable bonds is 7. The SMILES string of the molecule is Nc1nc(CCCNc2nc(-c3ccc(Cl)cc3Cl)cc3nccn23)ccc1C(=O)C(F)(F)F. The molecule has 0 aliphatic carbocycles. The van der Waals surface area contributed by atoms with Crippen molar-refractivity contribution in [2.75, 3.05) is 17.6 Å². The lowest BCUT2D eigenvalue weighted by molar-refractivity contribution is -0.0884. The number of fused-ring (bicyclic) bond motifs is 1. The minimum Gasteiger partial charge on any atom is -0.383 e. The van der Waals surface area contributed by atoms with Crippen LogP contribution in [0.5, 0.6) is 0 Å². The molecule has 1 aromatic carbocycles. The van der Waals surface area contributed by atoms with E-state index in [1.807, 2.05) is 0 Å². The largest absolute Gasteiger partial charge is 0.455 e. The number of aromatic nitrogens is 4. The Morgan fingerprint density at radius 3 is 2.62 bits per heavy atom. The van der Waals surface area contributed by atoms with Gasteiger partial charge in [0.1, 0.15) is 11.5 Å². The van der Waals surface area contributed by atoms with Gasteiger partial charge in [-0.2, -0.15) is 13.2 Å². The molecule has 3 aromatic heterocycles. The second-order valence-corrected chi connectivity index (χ2v) is 8.18. The van der Waals surface area contributed by atoms with E-state index in [9.17, 15) is 18.0 Å². The molecule has 0 bridgehead atoms. The molecular weight excluding hydrogens is 492 g/mol. The molecule has 3 N–H and O–H groups in total. The molecule has 0 unspecified atom stereocenters. The molecule has 0 fully saturated rings. The Hall–Kier alpha value is -3.37. The molecule has 0 amide bonds. The van der Waals surface area contributed by atoms with Crippen molar-refractivity contribution >= 4 is 46.4 Å². The molecule has 3 heterocycles. The zero-order valence-corrected chi connectivity index (χ0v) is 18.9. The summed E-state index contributed by atoms with van der Waals surface area (Å²) in [6, 6.07) is 9.35. The smallest absolute Gasteiger partial charge is 0.383 e. The van der Waals surface area contributed by atoms with E-state index in [1.54, 1.807) is 41.1 Å². The Kier molecular flexibility index (Phi) is 6.63. The highest BCUT2D eigenvalue weighted by Crippen LogP contribution is 2.30. The molecule has 0 aliphatic heterocycles. The monoisotopic (exact) mass is 508 g/mol. The fraction of sp³-hybridized carbons (Fsp3) is 0.182. The molecule has 0 atom stereocenters. The van der Waals surface area contributed by atoms with Gasteiger partial charge in [0.15, 0.2) is 0 Å². The number of ketones is 1. The number of hydrogen-bond donors (Lipinski definition) is 2. The van der Waals surface area contributed by atoms with E-state index in [1.165, 1.54) is 6.07 Å². The maximum absolute atomic E-state index is 12.6. The number of imidazole rings is 1. The van der Waals surface area contributed by atoms with Gasteiger partial charge in [0, 0.05) is 41.3 Å². The summed E-state index contributed by atoms with van der Waals surface area (Å²) in [5.41, 5.74) is 7.37. The average Bonchev–Trinajstić information content (AvgIpc) is 3.24.